The molecule has 4 aromatic rings. The van der Waals surface area contributed by atoms with E-state index in [4.69, 9.17) is 0 Å². The number of nitriles is 1. The smallest absolute Gasteiger partial charge is 0.266 e. The Morgan fingerprint density at radius 1 is 0.938 bits per heavy atom. The van der Waals surface area contributed by atoms with Crippen molar-refractivity contribution in [1.82, 2.24) is 4.57 Å². The standard InChI is InChI=1S/C28H25N3O/c1-18-9-12-27(19(2)13-18)31-20(3)14-24(21(31)4)15-25(17-29)28(32)30-26-11-10-22-7-5-6-8-23(22)16-26/h5-16H,1-4H3,(H,30,32)/b25-15-. The Morgan fingerprint density at radius 2 is 1.69 bits per heavy atom. The molecule has 1 amide bonds. The van der Waals surface area contributed by atoms with Crippen LogP contribution in [0.2, 0.25) is 0 Å². The van der Waals surface area contributed by atoms with E-state index in [1.165, 1.54) is 11.1 Å². The minimum absolute atomic E-state index is 0.0686. The van der Waals surface area contributed by atoms with Crippen molar-refractivity contribution in [1.29, 1.82) is 5.26 Å². The zero-order valence-electron chi connectivity index (χ0n) is 18.7. The van der Waals surface area contributed by atoms with Gasteiger partial charge in [0.1, 0.15) is 11.6 Å². The average Bonchev–Trinajstić information content (AvgIpc) is 3.05. The highest BCUT2D eigenvalue weighted by atomic mass is 16.1. The van der Waals surface area contributed by atoms with Gasteiger partial charge in [0.05, 0.1) is 0 Å². The lowest BCUT2D eigenvalue weighted by Gasteiger charge is -2.13. The predicted molar refractivity (Wildman–Crippen MR) is 131 cm³/mol. The van der Waals surface area contributed by atoms with E-state index >= 15 is 0 Å². The van der Waals surface area contributed by atoms with E-state index in [0.717, 1.165) is 33.4 Å². The van der Waals surface area contributed by atoms with Gasteiger partial charge in [0.2, 0.25) is 0 Å². The third-order valence-electron chi connectivity index (χ3n) is 5.74. The first-order chi connectivity index (χ1) is 15.4. The van der Waals surface area contributed by atoms with Crippen LogP contribution in [0.3, 0.4) is 0 Å². The van der Waals surface area contributed by atoms with Gasteiger partial charge in [-0.1, -0.05) is 48.0 Å². The molecule has 1 aromatic heterocycles. The molecule has 0 bridgehead atoms. The van der Waals surface area contributed by atoms with E-state index < -0.39 is 5.91 Å². The number of carbonyl (C=O) groups excluding carboxylic acids is 1. The Balaban J connectivity index is 1.65. The molecule has 4 rings (SSSR count). The highest BCUT2D eigenvalue weighted by molar-refractivity contribution is 6.10. The van der Waals surface area contributed by atoms with Gasteiger partial charge in [0, 0.05) is 22.8 Å². The molecular weight excluding hydrogens is 394 g/mol. The van der Waals surface area contributed by atoms with E-state index in [-0.39, 0.29) is 5.57 Å². The third-order valence-corrected chi connectivity index (χ3v) is 5.74. The minimum atomic E-state index is -0.417. The van der Waals surface area contributed by atoms with Gasteiger partial charge in [-0.2, -0.15) is 5.26 Å². The normalized spacial score (nSPS) is 11.4. The predicted octanol–water partition coefficient (Wildman–Crippen LogP) is 6.41. The van der Waals surface area contributed by atoms with Gasteiger partial charge in [0.25, 0.3) is 5.91 Å². The quantitative estimate of drug-likeness (QED) is 0.307. The second kappa shape index (κ2) is 8.56. The van der Waals surface area contributed by atoms with Crippen LogP contribution >= 0.6 is 0 Å². The molecule has 0 radical (unpaired) electrons. The molecule has 1 N–H and O–H groups in total. The van der Waals surface area contributed by atoms with E-state index in [9.17, 15) is 10.1 Å². The second-order valence-electron chi connectivity index (χ2n) is 8.14. The molecule has 158 valence electrons. The van der Waals surface area contributed by atoms with E-state index in [0.29, 0.717) is 5.69 Å². The topological polar surface area (TPSA) is 57.8 Å². The number of anilines is 1. The summed E-state index contributed by atoms with van der Waals surface area (Å²) in [5.41, 5.74) is 7.11. The van der Waals surface area contributed by atoms with Crippen molar-refractivity contribution >= 4 is 28.4 Å². The molecule has 0 saturated heterocycles. The Hall–Kier alpha value is -4.10. The van der Waals surface area contributed by atoms with Gasteiger partial charge in [-0.05, 0) is 79.9 Å². The highest BCUT2D eigenvalue weighted by Gasteiger charge is 2.15. The monoisotopic (exact) mass is 419 g/mol. The molecule has 0 saturated carbocycles. The number of aryl methyl sites for hydroxylation is 3. The Morgan fingerprint density at radius 3 is 2.41 bits per heavy atom. The first-order valence-corrected chi connectivity index (χ1v) is 10.6. The SMILES string of the molecule is Cc1ccc(-n2c(C)cc(/C=C(/C#N)C(=O)Nc3ccc4ccccc4c3)c2C)c(C)c1. The van der Waals surface area contributed by atoms with Crippen molar-refractivity contribution < 1.29 is 4.79 Å². The lowest BCUT2D eigenvalue weighted by Crippen LogP contribution is -2.13. The first kappa shape index (κ1) is 21.1. The zero-order valence-corrected chi connectivity index (χ0v) is 18.7. The van der Waals surface area contributed by atoms with Crippen LogP contribution in [-0.2, 0) is 4.79 Å². The summed E-state index contributed by atoms with van der Waals surface area (Å²) in [7, 11) is 0. The molecule has 1 heterocycles. The number of amides is 1. The minimum Gasteiger partial charge on any atom is -0.321 e. The summed E-state index contributed by atoms with van der Waals surface area (Å²) in [6.07, 6.45) is 1.67. The molecule has 0 unspecified atom stereocenters. The van der Waals surface area contributed by atoms with Crippen LogP contribution in [0.5, 0.6) is 0 Å². The van der Waals surface area contributed by atoms with Crippen molar-refractivity contribution in [2.75, 3.05) is 5.32 Å². The van der Waals surface area contributed by atoms with E-state index in [2.05, 4.69) is 48.0 Å². The number of hydrogen-bond acceptors (Lipinski definition) is 2. The van der Waals surface area contributed by atoms with Crippen LogP contribution in [0.15, 0.2) is 72.3 Å². The largest absolute Gasteiger partial charge is 0.321 e. The highest BCUT2D eigenvalue weighted by Crippen LogP contribution is 2.26. The van der Waals surface area contributed by atoms with Crippen LogP contribution in [0.1, 0.15) is 28.1 Å². The number of aromatic nitrogens is 1. The summed E-state index contributed by atoms with van der Waals surface area (Å²) in [4.78, 5) is 12.8. The first-order valence-electron chi connectivity index (χ1n) is 10.6. The van der Waals surface area contributed by atoms with E-state index in [1.54, 1.807) is 6.08 Å². The van der Waals surface area contributed by atoms with Crippen molar-refractivity contribution in [3.8, 4) is 11.8 Å². The lowest BCUT2D eigenvalue weighted by atomic mass is 10.1. The second-order valence-corrected chi connectivity index (χ2v) is 8.14. The fraction of sp³-hybridized carbons (Fsp3) is 0.143. The summed E-state index contributed by atoms with van der Waals surface area (Å²) < 4.78 is 2.16. The van der Waals surface area contributed by atoms with Crippen molar-refractivity contribution in [3.05, 3.63) is 100 Å². The van der Waals surface area contributed by atoms with Crippen molar-refractivity contribution in [2.24, 2.45) is 0 Å². The average molecular weight is 420 g/mol. The Labute approximate surface area is 188 Å². The van der Waals surface area contributed by atoms with Crippen molar-refractivity contribution in [3.63, 3.8) is 0 Å². The van der Waals surface area contributed by atoms with Gasteiger partial charge in [-0.25, -0.2) is 0 Å². The van der Waals surface area contributed by atoms with Crippen LogP contribution in [-0.4, -0.2) is 10.5 Å². The Bertz CT molecular complexity index is 1420. The molecule has 32 heavy (non-hydrogen) atoms. The maximum atomic E-state index is 12.8. The molecule has 0 atom stereocenters. The zero-order chi connectivity index (χ0) is 22.8. The lowest BCUT2D eigenvalue weighted by molar-refractivity contribution is -0.112. The fourth-order valence-electron chi connectivity index (χ4n) is 4.13. The number of fused-ring (bicyclic) bond motifs is 1. The van der Waals surface area contributed by atoms with Crippen LogP contribution in [0.25, 0.3) is 22.5 Å². The van der Waals surface area contributed by atoms with Gasteiger partial charge in [0.15, 0.2) is 0 Å². The number of benzene rings is 3. The van der Waals surface area contributed by atoms with Gasteiger partial charge in [-0.15, -0.1) is 0 Å². The van der Waals surface area contributed by atoms with Gasteiger partial charge >= 0.3 is 0 Å². The summed E-state index contributed by atoms with van der Waals surface area (Å²) in [5, 5.41) is 14.7. The summed E-state index contributed by atoms with van der Waals surface area (Å²) in [6, 6.07) is 24.1. The molecule has 3 aromatic carbocycles. The van der Waals surface area contributed by atoms with Crippen LogP contribution < -0.4 is 5.32 Å². The molecule has 4 nitrogen and oxygen atoms in total. The van der Waals surface area contributed by atoms with Crippen molar-refractivity contribution in [2.45, 2.75) is 27.7 Å². The van der Waals surface area contributed by atoms with Crippen LogP contribution in [0.4, 0.5) is 5.69 Å². The molecule has 0 fully saturated rings. The molecular formula is C28H25N3O. The Kier molecular flexibility index (Phi) is 5.66. The maximum absolute atomic E-state index is 12.8. The fourth-order valence-corrected chi connectivity index (χ4v) is 4.13. The van der Waals surface area contributed by atoms with Gasteiger partial charge in [-0.3, -0.25) is 4.79 Å². The number of carbonyl (C=O) groups is 1. The summed E-state index contributed by atoms with van der Waals surface area (Å²) in [6.45, 7) is 8.21. The molecule has 0 spiro atoms. The molecule has 4 heteroatoms. The van der Waals surface area contributed by atoms with E-state index in [1.807, 2.05) is 62.4 Å². The number of rotatable bonds is 4. The summed E-state index contributed by atoms with van der Waals surface area (Å²) in [5.74, 6) is -0.417. The number of hydrogen-bond donors (Lipinski definition) is 1. The maximum Gasteiger partial charge on any atom is 0.266 e. The number of nitrogens with one attached hydrogen (secondary N) is 1. The molecule has 0 aliphatic carbocycles. The van der Waals surface area contributed by atoms with Crippen LogP contribution in [0, 0.1) is 39.0 Å². The molecule has 0 aliphatic heterocycles. The molecule has 0 aliphatic rings. The number of nitrogens with zero attached hydrogens (tertiary/aromatic N) is 2. The third kappa shape index (κ3) is 4.06. The van der Waals surface area contributed by atoms with Gasteiger partial charge < -0.3 is 9.88 Å². The summed E-state index contributed by atoms with van der Waals surface area (Å²) >= 11 is 0.